The Kier molecular flexibility index (Phi) is 7.38. The second-order valence-electron chi connectivity index (χ2n) is 10.7. The number of carbonyl (C=O) groups is 2. The minimum absolute atomic E-state index is 0.0415. The summed E-state index contributed by atoms with van der Waals surface area (Å²) in [6.45, 7) is 6.08. The van der Waals surface area contributed by atoms with Crippen molar-refractivity contribution in [3.8, 4) is 21.7 Å². The molecule has 1 amide bonds. The van der Waals surface area contributed by atoms with Crippen molar-refractivity contribution in [3.63, 3.8) is 0 Å². The van der Waals surface area contributed by atoms with Gasteiger partial charge in [0.15, 0.2) is 0 Å². The molecular formula is C32H33N3O4S. The number of pyridine rings is 1. The number of hydrogen-bond donors (Lipinski definition) is 1. The average molecular weight is 556 g/mol. The molecule has 7 nitrogen and oxygen atoms in total. The predicted molar refractivity (Wildman–Crippen MR) is 157 cm³/mol. The Balaban J connectivity index is 1.55. The van der Waals surface area contributed by atoms with Crippen LogP contribution in [0.25, 0.3) is 32.6 Å². The predicted octanol–water partition coefficient (Wildman–Crippen LogP) is 6.86. The standard InChI is InChI=1S/C32H33N3O4S/c1-19-30(40-20(2)33-19)28-13-11-25-27(34-28)12-10-24(29(25)31(36)35-14-16-39-17-15-35)23-9-8-22(32(37)38)18-26(23)21-6-4-3-5-7-21/h8-13,18,21H,3-7,14-17H2,1-2H3,(H,37,38). The molecule has 6 rings (SSSR count). The number of thiazole rings is 1. The lowest BCUT2D eigenvalue weighted by molar-refractivity contribution is 0.0304. The number of morpholine rings is 1. The Bertz CT molecular complexity index is 1600. The number of carbonyl (C=O) groups excluding carboxylic acids is 1. The summed E-state index contributed by atoms with van der Waals surface area (Å²) >= 11 is 1.62. The van der Waals surface area contributed by atoms with Crippen LogP contribution in [0, 0.1) is 13.8 Å². The van der Waals surface area contributed by atoms with E-state index >= 15 is 0 Å². The molecule has 40 heavy (non-hydrogen) atoms. The monoisotopic (exact) mass is 555 g/mol. The van der Waals surface area contributed by atoms with Gasteiger partial charge in [-0.05, 0) is 79.6 Å². The van der Waals surface area contributed by atoms with Crippen LogP contribution in [-0.4, -0.2) is 58.2 Å². The molecule has 1 saturated heterocycles. The summed E-state index contributed by atoms with van der Waals surface area (Å²) in [5.41, 5.74) is 6.26. The van der Waals surface area contributed by atoms with Crippen LogP contribution in [0.4, 0.5) is 0 Å². The highest BCUT2D eigenvalue weighted by Gasteiger charge is 2.28. The summed E-state index contributed by atoms with van der Waals surface area (Å²) in [6, 6.07) is 13.4. The smallest absolute Gasteiger partial charge is 0.335 e. The minimum atomic E-state index is -0.933. The first-order chi connectivity index (χ1) is 19.4. The van der Waals surface area contributed by atoms with Gasteiger partial charge in [-0.2, -0.15) is 0 Å². The zero-order valence-corrected chi connectivity index (χ0v) is 23.7. The number of rotatable bonds is 5. The van der Waals surface area contributed by atoms with E-state index in [9.17, 15) is 14.7 Å². The van der Waals surface area contributed by atoms with Gasteiger partial charge in [0.1, 0.15) is 0 Å². The van der Waals surface area contributed by atoms with E-state index in [4.69, 9.17) is 9.72 Å². The number of amides is 1. The lowest BCUT2D eigenvalue weighted by atomic mass is 9.79. The third kappa shape index (κ3) is 5.02. The van der Waals surface area contributed by atoms with E-state index in [0.29, 0.717) is 31.9 Å². The summed E-state index contributed by atoms with van der Waals surface area (Å²) in [6.07, 6.45) is 5.50. The molecule has 1 aliphatic carbocycles. The molecule has 2 aromatic carbocycles. The molecule has 2 aliphatic rings. The number of hydrogen-bond acceptors (Lipinski definition) is 6. The number of aryl methyl sites for hydroxylation is 2. The van der Waals surface area contributed by atoms with Crippen LogP contribution in [0.5, 0.6) is 0 Å². The highest BCUT2D eigenvalue weighted by molar-refractivity contribution is 7.15. The third-order valence-electron chi connectivity index (χ3n) is 8.15. The molecule has 0 unspecified atom stereocenters. The van der Waals surface area contributed by atoms with Crippen molar-refractivity contribution >= 4 is 34.1 Å². The summed E-state index contributed by atoms with van der Waals surface area (Å²) < 4.78 is 5.53. The number of nitrogens with zero attached hydrogens (tertiary/aromatic N) is 3. The van der Waals surface area contributed by atoms with E-state index in [2.05, 4.69) is 4.98 Å². The van der Waals surface area contributed by atoms with Gasteiger partial charge in [-0.3, -0.25) is 4.79 Å². The first-order valence-corrected chi connectivity index (χ1v) is 14.8. The molecule has 0 atom stereocenters. The van der Waals surface area contributed by atoms with Crippen LogP contribution in [0.15, 0.2) is 42.5 Å². The second-order valence-corrected chi connectivity index (χ2v) is 11.9. The van der Waals surface area contributed by atoms with Crippen molar-refractivity contribution in [2.24, 2.45) is 0 Å². The van der Waals surface area contributed by atoms with Crippen molar-refractivity contribution < 1.29 is 19.4 Å². The summed E-state index contributed by atoms with van der Waals surface area (Å²) in [5.74, 6) is -0.708. The fraction of sp³-hybridized carbons (Fsp3) is 0.375. The van der Waals surface area contributed by atoms with Gasteiger partial charge in [-0.25, -0.2) is 14.8 Å². The number of carboxylic acid groups (broad SMARTS) is 1. The van der Waals surface area contributed by atoms with E-state index in [1.165, 1.54) is 6.42 Å². The fourth-order valence-corrected chi connectivity index (χ4v) is 7.06. The molecule has 8 heteroatoms. The normalized spacial score (nSPS) is 16.4. The first-order valence-electron chi connectivity index (χ1n) is 14.0. The SMILES string of the molecule is Cc1nc(C)c(-c2ccc3c(C(=O)N4CCOCC4)c(-c4ccc(C(=O)O)cc4C4CCCCC4)ccc3n2)s1. The van der Waals surface area contributed by atoms with Gasteiger partial charge in [0.05, 0.1) is 51.1 Å². The van der Waals surface area contributed by atoms with Crippen molar-refractivity contribution in [2.45, 2.75) is 51.9 Å². The number of aromatic nitrogens is 2. The molecule has 206 valence electrons. The Morgan fingerprint density at radius 2 is 1.70 bits per heavy atom. The first kappa shape index (κ1) is 26.6. The van der Waals surface area contributed by atoms with Crippen LogP contribution in [0.3, 0.4) is 0 Å². The van der Waals surface area contributed by atoms with Crippen LogP contribution >= 0.6 is 11.3 Å². The van der Waals surface area contributed by atoms with Gasteiger partial charge in [0, 0.05) is 18.5 Å². The molecule has 2 aromatic heterocycles. The van der Waals surface area contributed by atoms with Gasteiger partial charge < -0.3 is 14.7 Å². The van der Waals surface area contributed by atoms with Gasteiger partial charge in [-0.15, -0.1) is 11.3 Å². The maximum Gasteiger partial charge on any atom is 0.335 e. The lowest BCUT2D eigenvalue weighted by Crippen LogP contribution is -2.41. The van der Waals surface area contributed by atoms with Crippen molar-refractivity contribution in [1.29, 1.82) is 0 Å². The van der Waals surface area contributed by atoms with Gasteiger partial charge in [-0.1, -0.05) is 31.4 Å². The zero-order valence-electron chi connectivity index (χ0n) is 22.9. The Labute approximate surface area is 237 Å². The molecule has 2 fully saturated rings. The Hall–Kier alpha value is -3.62. The van der Waals surface area contributed by atoms with Crippen LogP contribution in [0.2, 0.25) is 0 Å². The van der Waals surface area contributed by atoms with E-state index in [-0.39, 0.29) is 17.4 Å². The molecule has 0 radical (unpaired) electrons. The van der Waals surface area contributed by atoms with Crippen molar-refractivity contribution in [2.75, 3.05) is 26.3 Å². The van der Waals surface area contributed by atoms with Crippen molar-refractivity contribution in [1.82, 2.24) is 14.9 Å². The molecule has 1 N–H and O–H groups in total. The summed E-state index contributed by atoms with van der Waals surface area (Å²) in [5, 5.41) is 11.6. The molecule has 1 saturated carbocycles. The quantitative estimate of drug-likeness (QED) is 0.289. The number of benzene rings is 2. The van der Waals surface area contributed by atoms with E-state index in [1.807, 2.05) is 55.1 Å². The Morgan fingerprint density at radius 3 is 2.40 bits per heavy atom. The molecule has 3 heterocycles. The van der Waals surface area contributed by atoms with Crippen LogP contribution < -0.4 is 0 Å². The Morgan fingerprint density at radius 1 is 0.950 bits per heavy atom. The number of fused-ring (bicyclic) bond motifs is 1. The summed E-state index contributed by atoms with van der Waals surface area (Å²) in [4.78, 5) is 38.6. The lowest BCUT2D eigenvalue weighted by Gasteiger charge is -2.29. The van der Waals surface area contributed by atoms with E-state index in [1.54, 1.807) is 17.4 Å². The topological polar surface area (TPSA) is 92.6 Å². The minimum Gasteiger partial charge on any atom is -0.478 e. The number of ether oxygens (including phenoxy) is 1. The van der Waals surface area contributed by atoms with Gasteiger partial charge >= 0.3 is 5.97 Å². The van der Waals surface area contributed by atoms with Crippen LogP contribution in [-0.2, 0) is 4.74 Å². The maximum absolute atomic E-state index is 14.2. The fourth-order valence-electron chi connectivity index (χ4n) is 6.17. The molecule has 1 aliphatic heterocycles. The molecular weight excluding hydrogens is 522 g/mol. The van der Waals surface area contributed by atoms with E-state index < -0.39 is 5.97 Å². The highest BCUT2D eigenvalue weighted by atomic mass is 32.1. The van der Waals surface area contributed by atoms with Gasteiger partial charge in [0.25, 0.3) is 5.91 Å². The van der Waals surface area contributed by atoms with Crippen LogP contribution in [0.1, 0.15) is 75.0 Å². The number of aromatic carboxylic acids is 1. The highest BCUT2D eigenvalue weighted by Crippen LogP contribution is 2.42. The molecule has 0 spiro atoms. The van der Waals surface area contributed by atoms with Gasteiger partial charge in [0.2, 0.25) is 0 Å². The maximum atomic E-state index is 14.2. The third-order valence-corrected chi connectivity index (χ3v) is 9.25. The molecule has 4 aromatic rings. The largest absolute Gasteiger partial charge is 0.478 e. The molecule has 0 bridgehead atoms. The zero-order chi connectivity index (χ0) is 27.8. The summed E-state index contributed by atoms with van der Waals surface area (Å²) in [7, 11) is 0. The number of carboxylic acids is 1. The average Bonchev–Trinajstić information content (AvgIpc) is 3.33. The van der Waals surface area contributed by atoms with Crippen molar-refractivity contribution in [3.05, 3.63) is 69.9 Å². The van der Waals surface area contributed by atoms with E-state index in [0.717, 1.165) is 74.5 Å². The second kappa shape index (κ2) is 11.1.